The first kappa shape index (κ1) is 18.0. The zero-order valence-corrected chi connectivity index (χ0v) is 14.9. The second kappa shape index (κ2) is 8.52. The minimum Gasteiger partial charge on any atom is -0.336 e. The van der Waals surface area contributed by atoms with E-state index >= 15 is 0 Å². The highest BCUT2D eigenvalue weighted by atomic mass is 35.5. The number of amides is 2. The third kappa shape index (κ3) is 5.68. The second-order valence-corrected chi connectivity index (χ2v) is 6.93. The van der Waals surface area contributed by atoms with E-state index in [9.17, 15) is 4.79 Å². The fraction of sp³-hybridized carbons (Fsp3) is 0.588. The number of nitrogens with zero attached hydrogens (tertiary/aromatic N) is 2. The van der Waals surface area contributed by atoms with Gasteiger partial charge in [0.2, 0.25) is 0 Å². The number of benzene rings is 1. The molecule has 1 fully saturated rings. The SMILES string of the molecule is CC(C)C(CNC(=O)Nc1ccc(Cl)cc1)N1CCN(C)CC1. The summed E-state index contributed by atoms with van der Waals surface area (Å²) < 4.78 is 0. The van der Waals surface area contributed by atoms with E-state index in [-0.39, 0.29) is 6.03 Å². The molecule has 1 saturated heterocycles. The third-order valence-corrected chi connectivity index (χ3v) is 4.60. The molecule has 2 rings (SSSR count). The van der Waals surface area contributed by atoms with Crippen LogP contribution in [-0.4, -0.2) is 61.6 Å². The van der Waals surface area contributed by atoms with Crippen LogP contribution in [0.4, 0.5) is 10.5 Å². The monoisotopic (exact) mass is 338 g/mol. The van der Waals surface area contributed by atoms with Crippen LogP contribution >= 0.6 is 11.6 Å². The van der Waals surface area contributed by atoms with Crippen LogP contribution in [0.2, 0.25) is 5.02 Å². The van der Waals surface area contributed by atoms with Crippen molar-refractivity contribution in [1.29, 1.82) is 0 Å². The molecule has 2 amide bonds. The number of halogens is 1. The number of carbonyl (C=O) groups is 1. The van der Waals surface area contributed by atoms with E-state index in [2.05, 4.69) is 41.3 Å². The topological polar surface area (TPSA) is 47.6 Å². The van der Waals surface area contributed by atoms with Crippen LogP contribution in [0.15, 0.2) is 24.3 Å². The molecule has 1 aromatic carbocycles. The van der Waals surface area contributed by atoms with Gasteiger partial charge in [-0.1, -0.05) is 25.4 Å². The van der Waals surface area contributed by atoms with Crippen LogP contribution in [0.3, 0.4) is 0 Å². The first-order chi connectivity index (χ1) is 11.0. The molecular formula is C17H27ClN4O. The lowest BCUT2D eigenvalue weighted by molar-refractivity contribution is 0.0890. The number of anilines is 1. The Hall–Kier alpha value is -1.30. The molecule has 23 heavy (non-hydrogen) atoms. The minimum absolute atomic E-state index is 0.174. The zero-order valence-electron chi connectivity index (χ0n) is 14.2. The largest absolute Gasteiger partial charge is 0.336 e. The molecule has 6 heteroatoms. The van der Waals surface area contributed by atoms with Crippen LogP contribution in [0, 0.1) is 5.92 Å². The number of carbonyl (C=O) groups excluding carboxylic acids is 1. The Kier molecular flexibility index (Phi) is 6.69. The molecule has 2 N–H and O–H groups in total. The summed E-state index contributed by atoms with van der Waals surface area (Å²) in [4.78, 5) is 16.9. The van der Waals surface area contributed by atoms with Gasteiger partial charge in [-0.3, -0.25) is 4.90 Å². The smallest absolute Gasteiger partial charge is 0.319 e. The Morgan fingerprint density at radius 2 is 1.78 bits per heavy atom. The third-order valence-electron chi connectivity index (χ3n) is 4.35. The van der Waals surface area contributed by atoms with Gasteiger partial charge in [-0.15, -0.1) is 0 Å². The van der Waals surface area contributed by atoms with Gasteiger partial charge in [0.1, 0.15) is 0 Å². The number of nitrogens with one attached hydrogen (secondary N) is 2. The molecule has 128 valence electrons. The minimum atomic E-state index is -0.174. The van der Waals surface area contributed by atoms with Crippen LogP contribution < -0.4 is 10.6 Å². The van der Waals surface area contributed by atoms with Crippen LogP contribution in [0.5, 0.6) is 0 Å². The standard InChI is InChI=1S/C17H27ClN4O/c1-13(2)16(22-10-8-21(3)9-11-22)12-19-17(23)20-15-6-4-14(18)5-7-15/h4-7,13,16H,8-12H2,1-3H3,(H2,19,20,23). The normalized spacial score (nSPS) is 18.0. The molecule has 0 spiro atoms. The predicted octanol–water partition coefficient (Wildman–Crippen LogP) is 2.73. The average Bonchev–Trinajstić information content (AvgIpc) is 2.51. The maximum Gasteiger partial charge on any atom is 0.319 e. The van der Waals surface area contributed by atoms with Crippen molar-refractivity contribution in [1.82, 2.24) is 15.1 Å². The molecule has 1 aromatic rings. The fourth-order valence-electron chi connectivity index (χ4n) is 2.85. The maximum absolute atomic E-state index is 12.1. The van der Waals surface area contributed by atoms with Crippen molar-refractivity contribution < 1.29 is 4.79 Å². The number of likely N-dealkylation sites (N-methyl/N-ethyl adjacent to an activating group) is 1. The molecule has 1 aliphatic rings. The van der Waals surface area contributed by atoms with E-state index in [0.717, 1.165) is 31.9 Å². The maximum atomic E-state index is 12.1. The van der Waals surface area contributed by atoms with E-state index in [1.807, 2.05) is 0 Å². The molecule has 0 aromatic heterocycles. The summed E-state index contributed by atoms with van der Waals surface area (Å²) in [6, 6.07) is 7.30. The Labute approximate surface area is 144 Å². The molecule has 0 bridgehead atoms. The molecule has 1 atom stereocenters. The lowest BCUT2D eigenvalue weighted by atomic mass is 10.0. The molecular weight excluding hydrogens is 312 g/mol. The van der Waals surface area contributed by atoms with Crippen molar-refractivity contribution in [2.75, 3.05) is 45.1 Å². The summed E-state index contributed by atoms with van der Waals surface area (Å²) in [6.45, 7) is 9.35. The van der Waals surface area contributed by atoms with Gasteiger partial charge in [-0.05, 0) is 37.2 Å². The summed E-state index contributed by atoms with van der Waals surface area (Å²) in [5.41, 5.74) is 0.743. The molecule has 0 saturated carbocycles. The first-order valence-electron chi connectivity index (χ1n) is 8.18. The summed E-state index contributed by atoms with van der Waals surface area (Å²) in [7, 11) is 2.15. The number of hydrogen-bond acceptors (Lipinski definition) is 3. The summed E-state index contributed by atoms with van der Waals surface area (Å²) in [5, 5.41) is 6.49. The molecule has 1 heterocycles. The van der Waals surface area contributed by atoms with Gasteiger partial charge >= 0.3 is 6.03 Å². The summed E-state index contributed by atoms with van der Waals surface area (Å²) in [6.07, 6.45) is 0. The average molecular weight is 339 g/mol. The number of urea groups is 1. The Bertz CT molecular complexity index is 498. The second-order valence-electron chi connectivity index (χ2n) is 6.49. The van der Waals surface area contributed by atoms with Crippen molar-refractivity contribution in [2.45, 2.75) is 19.9 Å². The van der Waals surface area contributed by atoms with E-state index in [4.69, 9.17) is 11.6 Å². The van der Waals surface area contributed by atoms with Gasteiger partial charge in [-0.2, -0.15) is 0 Å². The van der Waals surface area contributed by atoms with E-state index in [0.29, 0.717) is 23.5 Å². The van der Waals surface area contributed by atoms with Crippen molar-refractivity contribution in [2.24, 2.45) is 5.92 Å². The van der Waals surface area contributed by atoms with E-state index in [1.54, 1.807) is 24.3 Å². The molecule has 0 radical (unpaired) electrons. The highest BCUT2D eigenvalue weighted by molar-refractivity contribution is 6.30. The molecule has 1 unspecified atom stereocenters. The quantitative estimate of drug-likeness (QED) is 0.867. The highest BCUT2D eigenvalue weighted by Crippen LogP contribution is 2.14. The first-order valence-corrected chi connectivity index (χ1v) is 8.56. The van der Waals surface area contributed by atoms with Crippen molar-refractivity contribution >= 4 is 23.3 Å². The number of hydrogen-bond donors (Lipinski definition) is 2. The molecule has 1 aliphatic heterocycles. The van der Waals surface area contributed by atoms with Gasteiger partial charge in [0.05, 0.1) is 0 Å². The number of rotatable bonds is 5. The van der Waals surface area contributed by atoms with Gasteiger partial charge in [-0.25, -0.2) is 4.79 Å². The van der Waals surface area contributed by atoms with Crippen LogP contribution in [0.25, 0.3) is 0 Å². The Morgan fingerprint density at radius 3 is 2.35 bits per heavy atom. The summed E-state index contributed by atoms with van der Waals surface area (Å²) >= 11 is 5.84. The lowest BCUT2D eigenvalue weighted by Crippen LogP contribution is -2.54. The van der Waals surface area contributed by atoms with E-state index in [1.165, 1.54) is 0 Å². The van der Waals surface area contributed by atoms with Crippen molar-refractivity contribution in [3.05, 3.63) is 29.3 Å². The molecule has 5 nitrogen and oxygen atoms in total. The Morgan fingerprint density at radius 1 is 1.17 bits per heavy atom. The van der Waals surface area contributed by atoms with E-state index < -0.39 is 0 Å². The van der Waals surface area contributed by atoms with Crippen molar-refractivity contribution in [3.8, 4) is 0 Å². The van der Waals surface area contributed by atoms with Crippen LogP contribution in [0.1, 0.15) is 13.8 Å². The van der Waals surface area contributed by atoms with Crippen LogP contribution in [-0.2, 0) is 0 Å². The Balaban J connectivity index is 1.83. The fourth-order valence-corrected chi connectivity index (χ4v) is 2.97. The van der Waals surface area contributed by atoms with Gasteiger partial charge in [0, 0.05) is 49.5 Å². The van der Waals surface area contributed by atoms with Gasteiger partial charge in [0.25, 0.3) is 0 Å². The molecule has 0 aliphatic carbocycles. The summed E-state index contributed by atoms with van der Waals surface area (Å²) in [5.74, 6) is 0.495. The predicted molar refractivity (Wildman–Crippen MR) is 96.2 cm³/mol. The van der Waals surface area contributed by atoms with Gasteiger partial charge in [0.15, 0.2) is 0 Å². The lowest BCUT2D eigenvalue weighted by Gasteiger charge is -2.39. The van der Waals surface area contributed by atoms with Crippen molar-refractivity contribution in [3.63, 3.8) is 0 Å². The van der Waals surface area contributed by atoms with Gasteiger partial charge < -0.3 is 15.5 Å². The number of piperazine rings is 1. The highest BCUT2D eigenvalue weighted by Gasteiger charge is 2.25. The zero-order chi connectivity index (χ0) is 16.8.